The van der Waals surface area contributed by atoms with Gasteiger partial charge in [-0.1, -0.05) is 30.3 Å². The smallest absolute Gasteiger partial charge is 0.326 e. The lowest BCUT2D eigenvalue weighted by Gasteiger charge is -2.34. The van der Waals surface area contributed by atoms with E-state index < -0.39 is 169 Å². The zero-order valence-corrected chi connectivity index (χ0v) is 60.3. The highest BCUT2D eigenvalue weighted by Crippen LogP contribution is 2.34. The van der Waals surface area contributed by atoms with Gasteiger partial charge in [-0.3, -0.25) is 62.3 Å². The third-order valence-corrected chi connectivity index (χ3v) is 20.1. The maximum Gasteiger partial charge on any atom is 0.326 e. The lowest BCUT2D eigenvalue weighted by Crippen LogP contribution is -2.61. The summed E-state index contributed by atoms with van der Waals surface area (Å²) in [6.45, 7) is 5.34. The molecular formula is C67H99N19O18S. The van der Waals surface area contributed by atoms with E-state index in [2.05, 4.69) is 62.5 Å². The fourth-order valence-corrected chi connectivity index (χ4v) is 14.3. The molecule has 0 saturated carbocycles. The van der Waals surface area contributed by atoms with Crippen LogP contribution in [0.2, 0.25) is 0 Å². The number of rotatable bonds is 34. The van der Waals surface area contributed by atoms with Gasteiger partial charge in [0.25, 0.3) is 0 Å². The fourth-order valence-electron chi connectivity index (χ4n) is 13.8. The summed E-state index contributed by atoms with van der Waals surface area (Å²) in [6.07, 6.45) is 1.68. The predicted molar refractivity (Wildman–Crippen MR) is 378 cm³/mol. The van der Waals surface area contributed by atoms with Gasteiger partial charge in [0.1, 0.15) is 90.5 Å². The fraction of sp³-hybridized carbons (Fsp3) is 0.642. The van der Waals surface area contributed by atoms with Gasteiger partial charge in [-0.15, -0.1) is 0 Å². The Morgan fingerprint density at radius 1 is 0.657 bits per heavy atom. The van der Waals surface area contributed by atoms with Crippen LogP contribution >= 0.6 is 11.8 Å². The van der Waals surface area contributed by atoms with Crippen molar-refractivity contribution in [2.45, 2.75) is 215 Å². The number of guanidine groups is 1. The highest BCUT2D eigenvalue weighted by molar-refractivity contribution is 7.98. The Hall–Kier alpha value is -9.37. The van der Waals surface area contributed by atoms with Gasteiger partial charge in [0.05, 0.1) is 25.1 Å². The molecule has 5 aliphatic heterocycles. The zero-order chi connectivity index (χ0) is 76.3. The molecule has 11 amide bonds. The largest absolute Gasteiger partial charge is 0.480 e. The van der Waals surface area contributed by atoms with Crippen molar-refractivity contribution in [1.29, 1.82) is 0 Å². The monoisotopic (exact) mass is 1490 g/mol. The maximum atomic E-state index is 15.2. The molecule has 16 atom stereocenters. The highest BCUT2D eigenvalue weighted by atomic mass is 32.2. The van der Waals surface area contributed by atoms with Crippen LogP contribution in [0, 0.1) is 0 Å². The number of thioether (sulfide) groups is 1. The number of hydrogen-bond donors (Lipinski definition) is 15. The number of anilines is 1. The number of aliphatic hydroxyl groups excluding tert-OH is 4. The summed E-state index contributed by atoms with van der Waals surface area (Å²) >= 11 is 1.34. The van der Waals surface area contributed by atoms with E-state index in [-0.39, 0.29) is 102 Å². The number of aliphatic imine (C=N–C) groups is 1. The van der Waals surface area contributed by atoms with Crippen molar-refractivity contribution >= 4 is 106 Å². The van der Waals surface area contributed by atoms with Crippen LogP contribution in [-0.2, 0) is 68.7 Å². The summed E-state index contributed by atoms with van der Waals surface area (Å²) in [5.41, 5.74) is 13.4. The Labute approximate surface area is 610 Å². The van der Waals surface area contributed by atoms with Crippen LogP contribution in [0.15, 0.2) is 48.0 Å². The molecule has 38 heteroatoms. The van der Waals surface area contributed by atoms with Gasteiger partial charge in [0, 0.05) is 52.6 Å². The Balaban J connectivity index is 0.928. The number of amides is 11. The molecule has 5 aliphatic rings. The second kappa shape index (κ2) is 38.1. The summed E-state index contributed by atoms with van der Waals surface area (Å²) in [4.78, 5) is 188. The number of nitrogens with two attached hydrogens (primary N) is 2. The molecule has 2 aromatic heterocycles. The van der Waals surface area contributed by atoms with Crippen LogP contribution < -0.4 is 54.0 Å². The minimum atomic E-state index is -1.76. The molecule has 0 unspecified atom stereocenters. The molecule has 0 bridgehead atoms. The number of aliphatic carboxylic acids is 1. The second-order valence-corrected chi connectivity index (χ2v) is 28.0. The van der Waals surface area contributed by atoms with Gasteiger partial charge in [-0.25, -0.2) is 19.7 Å². The van der Waals surface area contributed by atoms with Crippen LogP contribution in [-0.4, -0.2) is 290 Å². The number of aromatic nitrogens is 4. The molecule has 37 nitrogen and oxygen atoms in total. The summed E-state index contributed by atoms with van der Waals surface area (Å²) < 4.78 is 7.53. The molecule has 3 aromatic rings. The molecule has 0 aliphatic carbocycles. The van der Waals surface area contributed by atoms with Crippen molar-refractivity contribution in [2.75, 3.05) is 63.6 Å². The number of hydrogen-bond acceptors (Lipinski definition) is 23. The number of ether oxygens (including phenoxy) is 1. The number of likely N-dealkylation sites (tertiary alicyclic amines) is 4. The van der Waals surface area contributed by atoms with Crippen molar-refractivity contribution < 1.29 is 87.8 Å². The molecule has 105 heavy (non-hydrogen) atoms. The summed E-state index contributed by atoms with van der Waals surface area (Å²) in [7, 11) is 0. The number of nitrogens with zero attached hydrogens (tertiary/aromatic N) is 9. The van der Waals surface area contributed by atoms with Crippen molar-refractivity contribution in [3.8, 4) is 0 Å². The van der Waals surface area contributed by atoms with E-state index in [4.69, 9.17) is 16.2 Å². The molecular weight excluding hydrogens is 1390 g/mol. The highest BCUT2D eigenvalue weighted by Gasteiger charge is 2.47. The number of benzene rings is 1. The van der Waals surface area contributed by atoms with Crippen molar-refractivity contribution in [2.24, 2.45) is 10.7 Å². The van der Waals surface area contributed by atoms with Crippen LogP contribution in [0.1, 0.15) is 123 Å². The standard InChI is InChI=1S/C67H99N19O18S/c1-35(75-58(95)44-18-11-26-82(44)38(4)89)55(92)76-36(2)62(99)83-27-12-19-45(83)59(96)77-40(17-9-24-70-67(69)71-25-10-22-48-51(90)52(91)65(104-48)86-34-74-50-53(68)72-33-73-54(50)86)63(100)85-29-14-21-47(85)64(101)84-28-13-20-46(84)60(97)79-42(31-39-15-7-6-8-16-39)56(93)80-43(32-87)57(94)81-49(37(3)88)61(98)78-41(66(102)103)23-30-105-5/h6-8,15-16,33-37,40-49,51-52,65,87-88,90-91H,9-14,17-32H2,1-5H3,(H,75,95)(H,76,92)(H,77,96)(H,78,98)(H,79,97)(H,80,93)(H,81,94)(H,102,103)(H2,68,72,73)(H3,69,70,71)/t35-,36-,37+,40-,41-,42-,43-,44-,45-,46-,47-,48+,49-,51+,52+,65+/m0/s1. The predicted octanol–water partition coefficient (Wildman–Crippen LogP) is -4.64. The summed E-state index contributed by atoms with van der Waals surface area (Å²) in [6, 6.07) is -5.58. The van der Waals surface area contributed by atoms with E-state index in [1.165, 1.54) is 76.3 Å². The molecule has 0 spiro atoms. The first-order valence-electron chi connectivity index (χ1n) is 35.5. The van der Waals surface area contributed by atoms with E-state index >= 15 is 4.79 Å². The van der Waals surface area contributed by atoms with E-state index in [1.54, 1.807) is 36.6 Å². The number of carboxylic acids is 1. The Morgan fingerprint density at radius 2 is 1.25 bits per heavy atom. The van der Waals surface area contributed by atoms with Crippen LogP contribution in [0.5, 0.6) is 0 Å². The van der Waals surface area contributed by atoms with Crippen LogP contribution in [0.3, 0.4) is 0 Å². The average molecular weight is 1490 g/mol. The minimum absolute atomic E-state index is 0.0278. The first-order valence-corrected chi connectivity index (χ1v) is 36.9. The average Bonchev–Trinajstić information content (AvgIpc) is 1.64. The summed E-state index contributed by atoms with van der Waals surface area (Å²) in [5.74, 6) is -8.73. The van der Waals surface area contributed by atoms with E-state index in [1.807, 2.05) is 0 Å². The van der Waals surface area contributed by atoms with Crippen molar-refractivity contribution in [1.82, 2.24) is 81.7 Å². The Bertz CT molecular complexity index is 3630. The third-order valence-electron chi connectivity index (χ3n) is 19.5. The molecule has 5 saturated heterocycles. The molecule has 5 fully saturated rings. The molecule has 17 N–H and O–H groups in total. The topological polar surface area (TPSA) is 532 Å². The number of aliphatic hydroxyl groups is 4. The van der Waals surface area contributed by atoms with Crippen molar-refractivity contribution in [3.63, 3.8) is 0 Å². The molecule has 8 rings (SSSR count). The molecule has 0 radical (unpaired) electrons. The van der Waals surface area contributed by atoms with E-state index in [0.29, 0.717) is 67.5 Å². The second-order valence-electron chi connectivity index (χ2n) is 27.0. The van der Waals surface area contributed by atoms with Gasteiger partial charge in [-0.05, 0) is 122 Å². The number of imidazole rings is 1. The van der Waals surface area contributed by atoms with E-state index in [0.717, 1.165) is 0 Å². The summed E-state index contributed by atoms with van der Waals surface area (Å²) in [5, 5.41) is 73.4. The quantitative estimate of drug-likeness (QED) is 0.0152. The first kappa shape index (κ1) is 81.3. The van der Waals surface area contributed by atoms with Gasteiger partial charge in [-0.2, -0.15) is 11.8 Å². The third kappa shape index (κ3) is 20.8. The normalized spacial score (nSPS) is 23.3. The zero-order valence-electron chi connectivity index (χ0n) is 59.5. The van der Waals surface area contributed by atoms with E-state index in [9.17, 15) is 78.3 Å². The van der Waals surface area contributed by atoms with Crippen molar-refractivity contribution in [3.05, 3.63) is 48.5 Å². The van der Waals surface area contributed by atoms with Crippen LogP contribution in [0.4, 0.5) is 5.82 Å². The Morgan fingerprint density at radius 3 is 1.89 bits per heavy atom. The number of carbonyl (C=O) groups is 12. The van der Waals surface area contributed by atoms with Gasteiger partial charge in [0.2, 0.25) is 65.0 Å². The molecule has 576 valence electrons. The number of carboxylic acid groups (broad SMARTS) is 1. The number of carbonyl (C=O) groups excluding carboxylic acids is 11. The Kier molecular flexibility index (Phi) is 29.5. The van der Waals surface area contributed by atoms with Gasteiger partial charge >= 0.3 is 5.97 Å². The minimum Gasteiger partial charge on any atom is -0.480 e. The SMILES string of the molecule is CSCC[C@H](NC(=O)[C@@H](NC(=O)[C@H](CO)NC(=O)[C@H](Cc1ccccc1)NC(=O)[C@@H]1CCCN1C(=O)[C@@H]1CCCN1C(=O)[C@H](CCCN=C(N)NCCC[C@H]1O[C@@H](n2cnc3c(N)ncnc32)[C@H](O)[C@@H]1O)NC(=O)[C@@H]1CCCN1C(=O)[C@H](C)NC(=O)[C@H](C)NC(=O)[C@@H]1CCCN1C(C)=O)[C@@H](C)O)C(=O)O. The van der Waals surface area contributed by atoms with Crippen LogP contribution in [0.25, 0.3) is 11.2 Å². The lowest BCUT2D eigenvalue weighted by atomic mass is 10.0. The maximum absolute atomic E-state index is 15.2. The number of nitrogen functional groups attached to an aromatic ring is 1. The lowest BCUT2D eigenvalue weighted by molar-refractivity contribution is -0.148. The van der Waals surface area contributed by atoms with Gasteiger partial charge < -0.3 is 104 Å². The molecule has 1 aromatic carbocycles. The number of fused-ring (bicyclic) bond motifs is 1. The van der Waals surface area contributed by atoms with Gasteiger partial charge in [0.15, 0.2) is 23.7 Å². The first-order chi connectivity index (χ1) is 50.1. The number of nitrogens with one attached hydrogen (secondary N) is 8. The molecule has 7 heterocycles.